The molecule has 0 radical (unpaired) electrons. The van der Waals surface area contributed by atoms with E-state index in [1.807, 2.05) is 30.3 Å². The van der Waals surface area contributed by atoms with E-state index in [4.69, 9.17) is 9.47 Å². The van der Waals surface area contributed by atoms with Crippen molar-refractivity contribution >= 4 is 12.1 Å². The van der Waals surface area contributed by atoms with Gasteiger partial charge in [-0.05, 0) is 40.2 Å². The molecule has 22 heavy (non-hydrogen) atoms. The number of amides is 1. The number of hydrogen-bond donors (Lipinski definition) is 1. The van der Waals surface area contributed by atoms with Crippen molar-refractivity contribution in [2.75, 3.05) is 0 Å². The lowest BCUT2D eigenvalue weighted by Crippen LogP contribution is -2.46. The number of carbonyl (C=O) groups excluding carboxylic acids is 2. The number of ether oxygens (including phenoxy) is 2. The number of benzene rings is 1. The Morgan fingerprint density at radius 2 is 1.73 bits per heavy atom. The lowest BCUT2D eigenvalue weighted by molar-refractivity contribution is -0.149. The molecule has 1 atom stereocenters. The molecule has 5 heteroatoms. The van der Waals surface area contributed by atoms with E-state index in [-0.39, 0.29) is 6.10 Å². The lowest BCUT2D eigenvalue weighted by atomic mass is 10.1. The number of nitrogens with one attached hydrogen (secondary N) is 1. The van der Waals surface area contributed by atoms with Gasteiger partial charge in [-0.2, -0.15) is 0 Å². The molecule has 0 saturated heterocycles. The Bertz CT molecular complexity index is 491. The van der Waals surface area contributed by atoms with Gasteiger partial charge in [0, 0.05) is 6.42 Å². The van der Waals surface area contributed by atoms with Crippen LogP contribution in [0.2, 0.25) is 0 Å². The highest BCUT2D eigenvalue weighted by Gasteiger charge is 2.26. The van der Waals surface area contributed by atoms with E-state index in [2.05, 4.69) is 5.32 Å². The first kappa shape index (κ1) is 18.0. The van der Waals surface area contributed by atoms with Gasteiger partial charge in [0.2, 0.25) is 0 Å². The molecule has 1 rings (SSSR count). The van der Waals surface area contributed by atoms with Crippen molar-refractivity contribution in [1.29, 1.82) is 0 Å². The minimum Gasteiger partial charge on any atom is -0.461 e. The zero-order valence-electron chi connectivity index (χ0n) is 13.9. The molecule has 0 aliphatic rings. The van der Waals surface area contributed by atoms with Gasteiger partial charge in [0.25, 0.3) is 0 Å². The van der Waals surface area contributed by atoms with Crippen LogP contribution in [0.25, 0.3) is 0 Å². The molecule has 122 valence electrons. The molecular weight excluding hydrogens is 282 g/mol. The van der Waals surface area contributed by atoms with Crippen molar-refractivity contribution in [3.8, 4) is 0 Å². The molecule has 1 aromatic rings. The van der Waals surface area contributed by atoms with E-state index in [9.17, 15) is 9.59 Å². The maximum absolute atomic E-state index is 12.2. The third kappa shape index (κ3) is 7.11. The number of carbonyl (C=O) groups is 2. The van der Waals surface area contributed by atoms with Gasteiger partial charge < -0.3 is 14.8 Å². The molecule has 0 saturated carbocycles. The third-order valence-corrected chi connectivity index (χ3v) is 2.61. The summed E-state index contributed by atoms with van der Waals surface area (Å²) < 4.78 is 10.4. The van der Waals surface area contributed by atoms with Crippen LogP contribution in [0.3, 0.4) is 0 Å². The quantitative estimate of drug-likeness (QED) is 0.849. The first-order valence-electron chi connectivity index (χ1n) is 7.41. The molecule has 0 fully saturated rings. The largest absolute Gasteiger partial charge is 0.461 e. The number of alkyl carbamates (subject to hydrolysis) is 1. The maximum Gasteiger partial charge on any atom is 0.408 e. The highest BCUT2D eigenvalue weighted by molar-refractivity contribution is 5.81. The zero-order valence-corrected chi connectivity index (χ0v) is 13.9. The summed E-state index contributed by atoms with van der Waals surface area (Å²) in [5, 5.41) is 2.59. The van der Waals surface area contributed by atoms with Gasteiger partial charge >= 0.3 is 12.1 Å². The molecule has 5 nitrogen and oxygen atoms in total. The fourth-order valence-electron chi connectivity index (χ4n) is 1.81. The highest BCUT2D eigenvalue weighted by Crippen LogP contribution is 2.09. The number of rotatable bonds is 5. The predicted molar refractivity (Wildman–Crippen MR) is 84.5 cm³/mol. The summed E-state index contributed by atoms with van der Waals surface area (Å²) >= 11 is 0. The second-order valence-corrected chi connectivity index (χ2v) is 6.37. The lowest BCUT2D eigenvalue weighted by Gasteiger charge is -2.23. The van der Waals surface area contributed by atoms with Crippen molar-refractivity contribution in [1.82, 2.24) is 5.32 Å². The van der Waals surface area contributed by atoms with Crippen LogP contribution >= 0.6 is 0 Å². The molecular formula is C17H25NO4. The van der Waals surface area contributed by atoms with Crippen LogP contribution in [0.5, 0.6) is 0 Å². The van der Waals surface area contributed by atoms with E-state index < -0.39 is 23.7 Å². The second-order valence-electron chi connectivity index (χ2n) is 6.37. The summed E-state index contributed by atoms with van der Waals surface area (Å²) in [7, 11) is 0. The standard InChI is InChI=1S/C17H25NO4/c1-12(2)21-15(19)14(11-13-9-7-6-8-10-13)18-16(20)22-17(3,4)5/h6-10,12,14H,11H2,1-5H3,(H,18,20). The molecule has 0 aliphatic heterocycles. The number of esters is 1. The monoisotopic (exact) mass is 307 g/mol. The van der Waals surface area contributed by atoms with Crippen LogP contribution in [0.4, 0.5) is 4.79 Å². The van der Waals surface area contributed by atoms with E-state index >= 15 is 0 Å². The molecule has 0 aromatic heterocycles. The molecule has 0 bridgehead atoms. The summed E-state index contributed by atoms with van der Waals surface area (Å²) in [6, 6.07) is 8.67. The Labute approximate surface area is 132 Å². The Hall–Kier alpha value is -2.04. The van der Waals surface area contributed by atoms with Gasteiger partial charge in [-0.1, -0.05) is 30.3 Å². The minimum atomic E-state index is -0.778. The van der Waals surface area contributed by atoms with Crippen molar-refractivity contribution in [2.24, 2.45) is 0 Å². The van der Waals surface area contributed by atoms with Crippen molar-refractivity contribution in [2.45, 2.75) is 58.8 Å². The Kier molecular flexibility index (Phi) is 6.40. The SMILES string of the molecule is CC(C)OC(=O)C(Cc1ccccc1)NC(=O)OC(C)(C)C. The molecule has 1 aromatic carbocycles. The summed E-state index contributed by atoms with van der Waals surface area (Å²) in [4.78, 5) is 24.1. The summed E-state index contributed by atoms with van der Waals surface area (Å²) in [5.74, 6) is -0.468. The van der Waals surface area contributed by atoms with E-state index in [0.717, 1.165) is 5.56 Å². The Balaban J connectivity index is 2.78. The van der Waals surface area contributed by atoms with E-state index in [1.54, 1.807) is 34.6 Å². The van der Waals surface area contributed by atoms with Gasteiger partial charge in [-0.3, -0.25) is 0 Å². The molecule has 1 amide bonds. The smallest absolute Gasteiger partial charge is 0.408 e. The molecule has 1 N–H and O–H groups in total. The van der Waals surface area contributed by atoms with Gasteiger partial charge in [-0.25, -0.2) is 9.59 Å². The first-order chi connectivity index (χ1) is 10.2. The maximum atomic E-state index is 12.2. The second kappa shape index (κ2) is 7.82. The van der Waals surface area contributed by atoms with Crippen LogP contribution in [-0.2, 0) is 20.7 Å². The average Bonchev–Trinajstić information content (AvgIpc) is 2.36. The fourth-order valence-corrected chi connectivity index (χ4v) is 1.81. The fraction of sp³-hybridized carbons (Fsp3) is 0.529. The predicted octanol–water partition coefficient (Wildman–Crippen LogP) is 3.07. The third-order valence-electron chi connectivity index (χ3n) is 2.61. The van der Waals surface area contributed by atoms with Gasteiger partial charge in [0.1, 0.15) is 11.6 Å². The molecule has 0 aliphatic carbocycles. The van der Waals surface area contributed by atoms with Crippen LogP contribution in [0, 0.1) is 0 Å². The molecule has 1 unspecified atom stereocenters. The van der Waals surface area contributed by atoms with Crippen LogP contribution in [0.1, 0.15) is 40.2 Å². The highest BCUT2D eigenvalue weighted by atomic mass is 16.6. The first-order valence-corrected chi connectivity index (χ1v) is 7.41. The zero-order chi connectivity index (χ0) is 16.8. The van der Waals surface area contributed by atoms with E-state index in [1.165, 1.54) is 0 Å². The van der Waals surface area contributed by atoms with Crippen LogP contribution < -0.4 is 5.32 Å². The summed E-state index contributed by atoms with van der Waals surface area (Å²) in [6.07, 6.45) is -0.522. The van der Waals surface area contributed by atoms with Crippen LogP contribution in [0.15, 0.2) is 30.3 Å². The molecule has 0 heterocycles. The normalized spacial score (nSPS) is 12.6. The summed E-state index contributed by atoms with van der Waals surface area (Å²) in [5.41, 5.74) is 0.313. The minimum absolute atomic E-state index is 0.244. The Morgan fingerprint density at radius 1 is 1.14 bits per heavy atom. The van der Waals surface area contributed by atoms with Crippen molar-refractivity contribution in [3.63, 3.8) is 0 Å². The summed E-state index contributed by atoms with van der Waals surface area (Å²) in [6.45, 7) is 8.84. The van der Waals surface area contributed by atoms with Crippen molar-refractivity contribution in [3.05, 3.63) is 35.9 Å². The topological polar surface area (TPSA) is 64.6 Å². The average molecular weight is 307 g/mol. The Morgan fingerprint density at radius 3 is 2.23 bits per heavy atom. The van der Waals surface area contributed by atoms with Gasteiger partial charge in [-0.15, -0.1) is 0 Å². The van der Waals surface area contributed by atoms with Gasteiger partial charge in [0.15, 0.2) is 0 Å². The number of hydrogen-bond acceptors (Lipinski definition) is 4. The van der Waals surface area contributed by atoms with Crippen LogP contribution in [-0.4, -0.2) is 29.8 Å². The van der Waals surface area contributed by atoms with Gasteiger partial charge in [0.05, 0.1) is 6.10 Å². The van der Waals surface area contributed by atoms with Crippen molar-refractivity contribution < 1.29 is 19.1 Å². The molecule has 0 spiro atoms. The van der Waals surface area contributed by atoms with E-state index in [0.29, 0.717) is 6.42 Å².